The van der Waals surface area contributed by atoms with Gasteiger partial charge in [0.15, 0.2) is 0 Å². The molecule has 2 N–H and O–H groups in total. The fourth-order valence-electron chi connectivity index (χ4n) is 2.53. The van der Waals surface area contributed by atoms with Crippen molar-refractivity contribution in [3.05, 3.63) is 29.8 Å². The van der Waals surface area contributed by atoms with Crippen LogP contribution in [0.25, 0.3) is 0 Å². The number of benzene rings is 1. The van der Waals surface area contributed by atoms with Gasteiger partial charge < -0.3 is 20.3 Å². The van der Waals surface area contributed by atoms with Crippen molar-refractivity contribution in [2.24, 2.45) is 5.92 Å². The number of nitrogens with one attached hydrogen (secondary N) is 2. The zero-order valence-electron chi connectivity index (χ0n) is 14.7. The average molecular weight is 356 g/mol. The molecule has 0 aromatic heterocycles. The van der Waals surface area contributed by atoms with E-state index in [2.05, 4.69) is 29.4 Å². The van der Waals surface area contributed by atoms with Gasteiger partial charge in [-0.3, -0.25) is 4.79 Å². The molecular formula is C18H30ClN3O2. The maximum absolute atomic E-state index is 12.2. The van der Waals surface area contributed by atoms with Gasteiger partial charge in [-0.2, -0.15) is 0 Å². The standard InChI is InChI=1S/C18H29N3O2.ClH/c1-15(2)14-23-17-6-3-5-16(13-17)18(22)20-7-4-10-21-11-8-19-9-12-21;/h3,5-6,13,15,19H,4,7-12,14H2,1-2H3,(H,20,22);1H. The third-order valence-electron chi connectivity index (χ3n) is 3.83. The smallest absolute Gasteiger partial charge is 0.251 e. The Labute approximate surface area is 151 Å². The van der Waals surface area contributed by atoms with Gasteiger partial charge in [-0.15, -0.1) is 12.4 Å². The number of nitrogens with zero attached hydrogens (tertiary/aromatic N) is 1. The van der Waals surface area contributed by atoms with Crippen LogP contribution in [-0.2, 0) is 0 Å². The number of carbonyl (C=O) groups excluding carboxylic acids is 1. The molecule has 1 aromatic rings. The third-order valence-corrected chi connectivity index (χ3v) is 3.83. The van der Waals surface area contributed by atoms with E-state index in [1.54, 1.807) is 0 Å². The monoisotopic (exact) mass is 355 g/mol. The molecule has 0 saturated carbocycles. The molecule has 0 aliphatic carbocycles. The summed E-state index contributed by atoms with van der Waals surface area (Å²) >= 11 is 0. The second-order valence-electron chi connectivity index (χ2n) is 6.43. The number of halogens is 1. The molecule has 24 heavy (non-hydrogen) atoms. The Morgan fingerprint density at radius 2 is 2.08 bits per heavy atom. The normalized spacial score (nSPS) is 15.0. The van der Waals surface area contributed by atoms with E-state index in [-0.39, 0.29) is 18.3 Å². The van der Waals surface area contributed by atoms with E-state index in [0.717, 1.165) is 44.9 Å². The molecule has 0 atom stereocenters. The summed E-state index contributed by atoms with van der Waals surface area (Å²) in [5, 5.41) is 6.34. The molecule has 1 aromatic carbocycles. The van der Waals surface area contributed by atoms with Gasteiger partial charge in [0.05, 0.1) is 6.61 Å². The van der Waals surface area contributed by atoms with E-state index in [0.29, 0.717) is 24.6 Å². The number of rotatable bonds is 8. The first-order valence-corrected chi connectivity index (χ1v) is 8.59. The van der Waals surface area contributed by atoms with Gasteiger partial charge in [-0.1, -0.05) is 19.9 Å². The van der Waals surface area contributed by atoms with Crippen molar-refractivity contribution in [1.29, 1.82) is 0 Å². The summed E-state index contributed by atoms with van der Waals surface area (Å²) < 4.78 is 5.67. The average Bonchev–Trinajstić information content (AvgIpc) is 2.58. The van der Waals surface area contributed by atoms with Crippen LogP contribution in [0.15, 0.2) is 24.3 Å². The summed E-state index contributed by atoms with van der Waals surface area (Å²) in [7, 11) is 0. The fraction of sp³-hybridized carbons (Fsp3) is 0.611. The largest absolute Gasteiger partial charge is 0.493 e. The number of hydrogen-bond donors (Lipinski definition) is 2. The Bertz CT molecular complexity index is 491. The number of ether oxygens (including phenoxy) is 1. The number of piperazine rings is 1. The van der Waals surface area contributed by atoms with Crippen LogP contribution >= 0.6 is 12.4 Å². The van der Waals surface area contributed by atoms with Crippen molar-refractivity contribution in [1.82, 2.24) is 15.5 Å². The van der Waals surface area contributed by atoms with Crippen LogP contribution in [0.3, 0.4) is 0 Å². The van der Waals surface area contributed by atoms with Crippen molar-refractivity contribution in [3.63, 3.8) is 0 Å². The highest BCUT2D eigenvalue weighted by Crippen LogP contribution is 2.14. The molecular weight excluding hydrogens is 326 g/mol. The van der Waals surface area contributed by atoms with Crippen molar-refractivity contribution in [2.45, 2.75) is 20.3 Å². The Morgan fingerprint density at radius 3 is 2.79 bits per heavy atom. The van der Waals surface area contributed by atoms with Gasteiger partial charge in [-0.25, -0.2) is 0 Å². The molecule has 6 heteroatoms. The number of hydrogen-bond acceptors (Lipinski definition) is 4. The predicted molar refractivity (Wildman–Crippen MR) is 100 cm³/mol. The number of amides is 1. The molecule has 5 nitrogen and oxygen atoms in total. The molecule has 136 valence electrons. The molecule has 0 radical (unpaired) electrons. The molecule has 0 unspecified atom stereocenters. The van der Waals surface area contributed by atoms with E-state index in [9.17, 15) is 4.79 Å². The minimum Gasteiger partial charge on any atom is -0.493 e. The van der Waals surface area contributed by atoms with Crippen molar-refractivity contribution in [3.8, 4) is 5.75 Å². The van der Waals surface area contributed by atoms with Crippen LogP contribution in [0.2, 0.25) is 0 Å². The topological polar surface area (TPSA) is 53.6 Å². The first kappa shape index (κ1) is 20.7. The quantitative estimate of drug-likeness (QED) is 0.702. The van der Waals surface area contributed by atoms with Crippen molar-refractivity contribution in [2.75, 3.05) is 45.9 Å². The lowest BCUT2D eigenvalue weighted by Crippen LogP contribution is -2.44. The summed E-state index contributed by atoms with van der Waals surface area (Å²) in [6.45, 7) is 11.0. The zero-order chi connectivity index (χ0) is 16.5. The second-order valence-corrected chi connectivity index (χ2v) is 6.43. The Morgan fingerprint density at radius 1 is 1.33 bits per heavy atom. The van der Waals surface area contributed by atoms with E-state index in [4.69, 9.17) is 4.74 Å². The summed E-state index contributed by atoms with van der Waals surface area (Å²) in [5.41, 5.74) is 0.661. The lowest BCUT2D eigenvalue weighted by atomic mass is 10.2. The van der Waals surface area contributed by atoms with Gasteiger partial charge in [0.1, 0.15) is 5.75 Å². The van der Waals surface area contributed by atoms with Crippen molar-refractivity contribution >= 4 is 18.3 Å². The highest BCUT2D eigenvalue weighted by molar-refractivity contribution is 5.94. The van der Waals surface area contributed by atoms with Crippen LogP contribution in [0, 0.1) is 5.92 Å². The zero-order valence-corrected chi connectivity index (χ0v) is 15.5. The van der Waals surface area contributed by atoms with Crippen LogP contribution < -0.4 is 15.4 Å². The molecule has 1 aliphatic heterocycles. The van der Waals surface area contributed by atoms with Crippen LogP contribution in [0.5, 0.6) is 5.75 Å². The Hall–Kier alpha value is -1.30. The molecule has 1 amide bonds. The summed E-state index contributed by atoms with van der Waals surface area (Å²) in [5.74, 6) is 1.20. The van der Waals surface area contributed by atoms with E-state index < -0.39 is 0 Å². The first-order valence-electron chi connectivity index (χ1n) is 8.59. The molecule has 0 bridgehead atoms. The van der Waals surface area contributed by atoms with Gasteiger partial charge in [-0.05, 0) is 37.1 Å². The lowest BCUT2D eigenvalue weighted by molar-refractivity contribution is 0.0950. The van der Waals surface area contributed by atoms with E-state index in [1.165, 1.54) is 0 Å². The maximum Gasteiger partial charge on any atom is 0.251 e. The molecule has 2 rings (SSSR count). The Balaban J connectivity index is 0.00000288. The van der Waals surface area contributed by atoms with Crippen LogP contribution in [0.4, 0.5) is 0 Å². The molecule has 1 aliphatic rings. The van der Waals surface area contributed by atoms with Gasteiger partial charge >= 0.3 is 0 Å². The van der Waals surface area contributed by atoms with E-state index in [1.807, 2.05) is 24.3 Å². The second kappa shape index (κ2) is 11.3. The fourth-order valence-corrected chi connectivity index (χ4v) is 2.53. The third kappa shape index (κ3) is 7.51. The van der Waals surface area contributed by atoms with Gasteiger partial charge in [0.2, 0.25) is 0 Å². The number of carbonyl (C=O) groups is 1. The lowest BCUT2D eigenvalue weighted by Gasteiger charge is -2.27. The van der Waals surface area contributed by atoms with Crippen molar-refractivity contribution < 1.29 is 9.53 Å². The minimum absolute atomic E-state index is 0. The van der Waals surface area contributed by atoms with Crippen LogP contribution in [0.1, 0.15) is 30.6 Å². The summed E-state index contributed by atoms with van der Waals surface area (Å²) in [6.07, 6.45) is 0.981. The van der Waals surface area contributed by atoms with Crippen LogP contribution in [-0.4, -0.2) is 56.7 Å². The molecule has 1 saturated heterocycles. The molecule has 1 heterocycles. The summed E-state index contributed by atoms with van der Waals surface area (Å²) in [4.78, 5) is 14.6. The predicted octanol–water partition coefficient (Wildman–Crippen LogP) is 2.17. The van der Waals surface area contributed by atoms with Gasteiger partial charge in [0.25, 0.3) is 5.91 Å². The Kier molecular flexibility index (Phi) is 9.76. The SMILES string of the molecule is CC(C)COc1cccc(C(=O)NCCCN2CCNCC2)c1.Cl. The first-order chi connectivity index (χ1) is 11.1. The van der Waals surface area contributed by atoms with E-state index >= 15 is 0 Å². The summed E-state index contributed by atoms with van der Waals surface area (Å²) in [6, 6.07) is 7.40. The highest BCUT2D eigenvalue weighted by atomic mass is 35.5. The molecule has 0 spiro atoms. The molecule has 1 fully saturated rings. The van der Waals surface area contributed by atoms with Gasteiger partial charge in [0, 0.05) is 38.3 Å². The minimum atomic E-state index is -0.0275. The highest BCUT2D eigenvalue weighted by Gasteiger charge is 2.10. The maximum atomic E-state index is 12.2.